The van der Waals surface area contributed by atoms with Gasteiger partial charge in [0.05, 0.1) is 82.1 Å². The number of carbonyl (C=O) groups excluding carboxylic acids is 2. The van der Waals surface area contributed by atoms with Crippen LogP contribution in [0.25, 0.3) is 95.4 Å². The van der Waals surface area contributed by atoms with Gasteiger partial charge in [0, 0.05) is 55.9 Å². The molecule has 7 heterocycles. The Balaban J connectivity index is 1.14. The van der Waals surface area contributed by atoms with Crippen molar-refractivity contribution in [3.63, 3.8) is 0 Å². The van der Waals surface area contributed by atoms with E-state index in [4.69, 9.17) is 8.75 Å². The Morgan fingerprint density at radius 2 is 0.617 bits per heavy atom. The zero-order valence-corrected chi connectivity index (χ0v) is 88.7. The predicted octanol–water partition coefficient (Wildman–Crippen LogP) is 39.5. The summed E-state index contributed by atoms with van der Waals surface area (Å²) in [5.74, 6) is -1.80. The van der Waals surface area contributed by atoms with E-state index < -0.39 is 23.2 Å². The Morgan fingerprint density at radius 3 is 0.887 bits per heavy atom. The third kappa shape index (κ3) is 26.7. The summed E-state index contributed by atoms with van der Waals surface area (Å²) in [5, 5.41) is 45.6. The highest BCUT2D eigenvalue weighted by atomic mass is 79.9. The maximum Gasteiger partial charge on any atom is 0.197 e. The second-order valence-corrected chi connectivity index (χ2v) is 45.4. The lowest BCUT2D eigenvalue weighted by molar-refractivity contribution is 0.103. The summed E-state index contributed by atoms with van der Waals surface area (Å²) in [6.45, 7) is 15.3. The average molecular weight is 2020 g/mol. The number of thiophene rings is 4. The lowest BCUT2D eigenvalue weighted by Gasteiger charge is -2.22. The van der Waals surface area contributed by atoms with Gasteiger partial charge in [-0.25, -0.2) is 8.78 Å². The van der Waals surface area contributed by atoms with Crippen molar-refractivity contribution in [2.45, 2.75) is 440 Å². The van der Waals surface area contributed by atoms with Crippen molar-refractivity contribution in [1.82, 2.24) is 17.9 Å². The molecule has 10 aromatic rings. The predicted molar refractivity (Wildman–Crippen MR) is 575 cm³/mol. The van der Waals surface area contributed by atoms with E-state index in [9.17, 15) is 21.0 Å². The molecule has 0 bridgehead atoms. The van der Waals surface area contributed by atoms with Crippen LogP contribution in [-0.4, -0.2) is 29.4 Å². The van der Waals surface area contributed by atoms with Crippen LogP contribution in [-0.2, 0) is 25.9 Å². The molecule has 10 nitrogen and oxygen atoms in total. The van der Waals surface area contributed by atoms with Gasteiger partial charge in [-0.3, -0.25) is 9.59 Å². The number of halogens is 4. The standard InChI is InChI=1S/C114H150Br2F2N8O2S5/c1-7-13-19-25-31-37-41-45-51-57-63-79(61-55-49-43-35-29-23-17-11-5)77-125-103-97(111-105(125)113-109(131-111)83(65-59-53-47-39-33-27-21-15-9-3)91(129-113)71-87-93(81(73-119)74-120)85-67-69-89(115)99(117)95(85)107(87)127)101-102(124-133-123-101)98-104(103)126(78-80(62-56-50-44-36-30-24-18-12-6)64-58-52-46-42-38-32-26-20-14-8-2)106-112(98)132-110-84(66-60-54-48-40-34-28-22-16-10-4)92(130-114(106)110)72-88-94(82(75-121)76-122)86-68-70-90(116)100(118)96(86)108(88)128/h67-72,79-80H,7-66,77-78H2,1-6H3/b87-71-,88-72-. The van der Waals surface area contributed by atoms with E-state index in [1.165, 1.54) is 335 Å². The van der Waals surface area contributed by atoms with Crippen LogP contribution in [0.2, 0.25) is 0 Å². The monoisotopic (exact) mass is 2020 g/mol. The molecule has 0 saturated carbocycles. The van der Waals surface area contributed by atoms with E-state index >= 15 is 18.4 Å². The quantitative estimate of drug-likeness (QED) is 0.0206. The van der Waals surface area contributed by atoms with Crippen molar-refractivity contribution in [2.75, 3.05) is 0 Å². The average Bonchev–Trinajstić information content (AvgIpc) is 1.50. The van der Waals surface area contributed by atoms with Crippen LogP contribution in [0.5, 0.6) is 0 Å². The van der Waals surface area contributed by atoms with E-state index in [0.29, 0.717) is 11.8 Å². The van der Waals surface area contributed by atoms with Crippen LogP contribution in [0, 0.1) is 68.8 Å². The molecular weight excluding hydrogens is 1870 g/mol. The number of fused-ring (bicyclic) bond motifs is 16. The minimum Gasteiger partial charge on any atom is -0.337 e. The smallest absolute Gasteiger partial charge is 0.197 e. The SMILES string of the molecule is CCCCCCCCCCCCC(CCCCCCCCCC)Cn1c2c3sc(/C=C4\C(=O)c5c(ccc(Br)c5F)C4=C(C#N)C#N)c(CCCCCCCCCCC)c3sc2c2c3nsnc3c3c4sc5c(CCCCCCCCCCC)c(/C=C6\C(=O)c7c(ccc(Br)c7F)C6=C(C#N)C#N)sc5c4n(CC(CCCCCCCCCC)CCCCCCCCCCCC)c3c21. The molecule has 0 N–H and O–H groups in total. The van der Waals surface area contributed by atoms with Gasteiger partial charge >= 0.3 is 0 Å². The largest absolute Gasteiger partial charge is 0.337 e. The maximum atomic E-state index is 16.8. The number of carbonyl (C=O) groups is 2. The fraction of sp³-hybridized carbons (Fsp3) is 0.614. The summed E-state index contributed by atoms with van der Waals surface area (Å²) in [6, 6.07) is 15.0. The summed E-state index contributed by atoms with van der Waals surface area (Å²) < 4.78 is 57.7. The topological polar surface area (TPSA) is 165 Å². The zero-order valence-electron chi connectivity index (χ0n) is 81.4. The Labute approximate surface area is 832 Å². The van der Waals surface area contributed by atoms with Crippen LogP contribution >= 0.6 is 88.9 Å². The third-order valence-corrected chi connectivity index (χ3v) is 35.9. The van der Waals surface area contributed by atoms with Crippen molar-refractivity contribution in [3.8, 4) is 24.3 Å². The molecule has 0 aliphatic heterocycles. The van der Waals surface area contributed by atoms with Gasteiger partial charge in [0.1, 0.15) is 58.1 Å². The van der Waals surface area contributed by atoms with E-state index in [1.807, 2.05) is 34.8 Å². The van der Waals surface area contributed by atoms with Gasteiger partial charge in [0.2, 0.25) is 0 Å². The van der Waals surface area contributed by atoms with Crippen LogP contribution in [0.4, 0.5) is 8.78 Å². The summed E-state index contributed by atoms with van der Waals surface area (Å²) >= 11 is 15.3. The van der Waals surface area contributed by atoms with E-state index in [0.717, 1.165) is 168 Å². The molecule has 12 rings (SSSR count). The Kier molecular flexibility index (Phi) is 44.3. The van der Waals surface area contributed by atoms with Gasteiger partial charge in [-0.05, 0) is 142 Å². The Hall–Kier alpha value is -6.52. The second-order valence-electron chi connectivity index (χ2n) is 39.0. The minimum atomic E-state index is -0.702. The highest BCUT2D eigenvalue weighted by Crippen LogP contribution is 2.57. The van der Waals surface area contributed by atoms with E-state index in [1.54, 1.807) is 46.9 Å². The van der Waals surface area contributed by atoms with E-state index in [-0.39, 0.29) is 64.6 Å². The van der Waals surface area contributed by atoms with Gasteiger partial charge in [-0.1, -0.05) is 388 Å². The number of unbranched alkanes of at least 4 members (excludes halogenated alkanes) is 48. The first-order chi connectivity index (χ1) is 65.3. The molecule has 0 fully saturated rings. The van der Waals surface area contributed by atoms with E-state index in [2.05, 4.69) is 107 Å². The highest BCUT2D eigenvalue weighted by Gasteiger charge is 2.40. The molecule has 2 aliphatic carbocycles. The first-order valence-electron chi connectivity index (χ1n) is 52.9. The maximum absolute atomic E-state index is 16.8. The molecule has 0 radical (unpaired) electrons. The van der Waals surface area contributed by atoms with Crippen molar-refractivity contribution < 1.29 is 18.4 Å². The molecule has 19 heteroatoms. The van der Waals surface area contributed by atoms with Gasteiger partial charge in [0.25, 0.3) is 0 Å². The van der Waals surface area contributed by atoms with Gasteiger partial charge in [-0.2, -0.15) is 29.8 Å². The number of aromatic nitrogens is 4. The molecular formula is C114H150Br2F2N8O2S5. The second kappa shape index (κ2) is 55.9. The number of hydrogen-bond donors (Lipinski definition) is 0. The molecule has 2 atom stereocenters. The number of nitriles is 4. The molecule has 0 saturated heterocycles. The van der Waals surface area contributed by atoms with Gasteiger partial charge < -0.3 is 9.13 Å². The number of rotatable bonds is 66. The van der Waals surface area contributed by atoms with Crippen molar-refractivity contribution in [2.24, 2.45) is 11.8 Å². The number of Topliss-reactive ketones (excluding diaryl/α,β-unsaturated/α-hetero) is 2. The van der Waals surface area contributed by atoms with Crippen molar-refractivity contribution >= 4 is 196 Å². The normalized spacial score (nSPS) is 13.9. The fourth-order valence-electron chi connectivity index (χ4n) is 21.5. The summed E-state index contributed by atoms with van der Waals surface area (Å²) in [7, 11) is 0. The summed E-state index contributed by atoms with van der Waals surface area (Å²) in [6.07, 6.45) is 76.0. The number of allylic oxidation sites excluding steroid dienone is 6. The first kappa shape index (κ1) is 105. The number of hydrogen-bond acceptors (Lipinski definition) is 13. The third-order valence-electron chi connectivity index (χ3n) is 29.0. The minimum absolute atomic E-state index is 0.124. The highest BCUT2D eigenvalue weighted by molar-refractivity contribution is 9.10. The van der Waals surface area contributed by atoms with Gasteiger partial charge in [0.15, 0.2) is 11.6 Å². The molecule has 2 aliphatic rings. The zero-order chi connectivity index (χ0) is 93.8. The number of nitrogens with zero attached hydrogens (tertiary/aromatic N) is 8. The van der Waals surface area contributed by atoms with Crippen LogP contribution in [0.15, 0.2) is 55.5 Å². The summed E-state index contributed by atoms with van der Waals surface area (Å²) in [4.78, 5) is 32.5. The molecule has 3 aromatic carbocycles. The Bertz CT molecular complexity index is 5440. The van der Waals surface area contributed by atoms with Crippen LogP contribution in [0.1, 0.15) is 467 Å². The molecule has 7 aromatic heterocycles. The van der Waals surface area contributed by atoms with Gasteiger partial charge in [-0.15, -0.1) is 45.3 Å². The van der Waals surface area contributed by atoms with Crippen molar-refractivity contribution in [1.29, 1.82) is 21.0 Å². The lowest BCUT2D eigenvalue weighted by atomic mass is 9.93. The number of aryl methyl sites for hydroxylation is 2. The van der Waals surface area contributed by atoms with Crippen LogP contribution < -0.4 is 0 Å². The molecule has 0 spiro atoms. The lowest BCUT2D eigenvalue weighted by Crippen LogP contribution is -2.14. The number of ketones is 2. The molecule has 2 unspecified atom stereocenters. The molecule has 0 amide bonds. The fourth-order valence-corrected chi connectivity index (χ4v) is 28.6. The summed E-state index contributed by atoms with van der Waals surface area (Å²) in [5.41, 5.74) is 9.43. The van der Waals surface area contributed by atoms with Crippen LogP contribution in [0.3, 0.4) is 0 Å². The Morgan fingerprint density at radius 1 is 0.353 bits per heavy atom. The van der Waals surface area contributed by atoms with Crippen molar-refractivity contribution in [3.05, 3.63) is 110 Å². The number of benzene rings is 3. The molecule has 133 heavy (non-hydrogen) atoms. The molecule has 716 valence electrons. The first-order valence-corrected chi connectivity index (χ1v) is 58.5.